The van der Waals surface area contributed by atoms with Gasteiger partial charge in [0.2, 0.25) is 11.8 Å². The van der Waals surface area contributed by atoms with Gasteiger partial charge in [-0.25, -0.2) is 4.39 Å². The van der Waals surface area contributed by atoms with E-state index in [9.17, 15) is 14.0 Å². The molecule has 2 aromatic rings. The maximum absolute atomic E-state index is 13.3. The SMILES string of the molecule is CCC(=O)N(Cc1ccc(F)cc1)[C@H](C(=O)NCCN1CCOCC1)c1ccccc1. The molecule has 1 saturated heterocycles. The van der Waals surface area contributed by atoms with Gasteiger partial charge in [0.1, 0.15) is 11.9 Å². The lowest BCUT2D eigenvalue weighted by molar-refractivity contribution is -0.141. The second-order valence-corrected chi connectivity index (χ2v) is 7.56. The Morgan fingerprint density at radius 2 is 1.77 bits per heavy atom. The highest BCUT2D eigenvalue weighted by Crippen LogP contribution is 2.24. The molecule has 1 heterocycles. The monoisotopic (exact) mass is 427 g/mol. The van der Waals surface area contributed by atoms with E-state index in [1.54, 1.807) is 24.0 Å². The Kier molecular flexibility index (Phi) is 8.55. The van der Waals surface area contributed by atoms with Crippen LogP contribution in [0.5, 0.6) is 0 Å². The minimum atomic E-state index is -0.761. The Hall–Kier alpha value is -2.77. The van der Waals surface area contributed by atoms with Crippen molar-refractivity contribution in [1.29, 1.82) is 0 Å². The van der Waals surface area contributed by atoms with Crippen molar-refractivity contribution in [2.45, 2.75) is 25.9 Å². The van der Waals surface area contributed by atoms with Crippen molar-refractivity contribution in [2.24, 2.45) is 0 Å². The summed E-state index contributed by atoms with van der Waals surface area (Å²) < 4.78 is 18.7. The van der Waals surface area contributed by atoms with E-state index in [-0.39, 0.29) is 30.6 Å². The van der Waals surface area contributed by atoms with E-state index in [4.69, 9.17) is 4.74 Å². The first kappa shape index (κ1) is 22.9. The predicted octanol–water partition coefficient (Wildman–Crippen LogP) is 2.75. The van der Waals surface area contributed by atoms with Crippen molar-refractivity contribution in [2.75, 3.05) is 39.4 Å². The Balaban J connectivity index is 1.78. The molecule has 31 heavy (non-hydrogen) atoms. The zero-order chi connectivity index (χ0) is 22.1. The standard InChI is InChI=1S/C24H30FN3O3/c1-2-22(29)28(18-19-8-10-21(25)11-9-19)23(20-6-4-3-5-7-20)24(30)26-12-13-27-14-16-31-17-15-27/h3-11,23H,2,12-18H2,1H3,(H,26,30)/t23-/m0/s1. The maximum Gasteiger partial charge on any atom is 0.247 e. The van der Waals surface area contributed by atoms with Crippen molar-refractivity contribution < 1.29 is 18.7 Å². The summed E-state index contributed by atoms with van der Waals surface area (Å²) in [5.74, 6) is -0.692. The maximum atomic E-state index is 13.3. The Labute approximate surface area is 183 Å². The van der Waals surface area contributed by atoms with Crippen LogP contribution in [0, 0.1) is 5.82 Å². The van der Waals surface area contributed by atoms with Gasteiger partial charge in [-0.3, -0.25) is 14.5 Å². The number of morpholine rings is 1. The first-order valence-corrected chi connectivity index (χ1v) is 10.7. The lowest BCUT2D eigenvalue weighted by atomic mass is 10.0. The zero-order valence-electron chi connectivity index (χ0n) is 17.9. The fourth-order valence-corrected chi connectivity index (χ4v) is 3.68. The van der Waals surface area contributed by atoms with E-state index in [0.29, 0.717) is 19.8 Å². The van der Waals surface area contributed by atoms with E-state index < -0.39 is 6.04 Å². The molecule has 0 aromatic heterocycles. The summed E-state index contributed by atoms with van der Waals surface area (Å²) in [4.78, 5) is 30.0. The number of carbonyl (C=O) groups is 2. The normalized spacial score (nSPS) is 15.3. The summed E-state index contributed by atoms with van der Waals surface area (Å²) in [6.07, 6.45) is 0.269. The number of ether oxygens (including phenoxy) is 1. The van der Waals surface area contributed by atoms with Crippen molar-refractivity contribution in [3.8, 4) is 0 Å². The third-order valence-corrected chi connectivity index (χ3v) is 5.40. The van der Waals surface area contributed by atoms with Gasteiger partial charge in [0.05, 0.1) is 13.2 Å². The van der Waals surface area contributed by atoms with E-state index in [1.165, 1.54) is 12.1 Å². The molecule has 0 bridgehead atoms. The van der Waals surface area contributed by atoms with Crippen LogP contribution in [0.4, 0.5) is 4.39 Å². The number of hydrogen-bond acceptors (Lipinski definition) is 4. The van der Waals surface area contributed by atoms with Gasteiger partial charge >= 0.3 is 0 Å². The summed E-state index contributed by atoms with van der Waals surface area (Å²) in [5.41, 5.74) is 1.51. The average Bonchev–Trinajstić information content (AvgIpc) is 2.81. The summed E-state index contributed by atoms with van der Waals surface area (Å²) in [7, 11) is 0. The second-order valence-electron chi connectivity index (χ2n) is 7.56. The van der Waals surface area contributed by atoms with E-state index in [1.807, 2.05) is 30.3 Å². The number of rotatable bonds is 9. The molecule has 1 aliphatic rings. The third-order valence-electron chi connectivity index (χ3n) is 5.40. The van der Waals surface area contributed by atoms with Crippen molar-refractivity contribution in [3.63, 3.8) is 0 Å². The van der Waals surface area contributed by atoms with Crippen molar-refractivity contribution in [1.82, 2.24) is 15.1 Å². The molecule has 2 aromatic carbocycles. The van der Waals surface area contributed by atoms with E-state index in [2.05, 4.69) is 10.2 Å². The molecule has 2 amide bonds. The summed E-state index contributed by atoms with van der Waals surface area (Å²) >= 11 is 0. The Morgan fingerprint density at radius 3 is 2.42 bits per heavy atom. The number of nitrogens with zero attached hydrogens (tertiary/aromatic N) is 2. The Bertz CT molecular complexity index is 839. The minimum Gasteiger partial charge on any atom is -0.379 e. The number of benzene rings is 2. The minimum absolute atomic E-state index is 0.137. The predicted molar refractivity (Wildman–Crippen MR) is 117 cm³/mol. The lowest BCUT2D eigenvalue weighted by Crippen LogP contribution is -2.46. The molecule has 6 nitrogen and oxygen atoms in total. The van der Waals surface area contributed by atoms with Gasteiger partial charge in [-0.15, -0.1) is 0 Å². The molecule has 0 aliphatic carbocycles. The third kappa shape index (κ3) is 6.60. The van der Waals surface area contributed by atoms with Crippen LogP contribution in [0.25, 0.3) is 0 Å². The Morgan fingerprint density at radius 1 is 1.10 bits per heavy atom. The van der Waals surface area contributed by atoms with Crippen LogP contribution in [0.2, 0.25) is 0 Å². The van der Waals surface area contributed by atoms with Gasteiger partial charge in [0.25, 0.3) is 0 Å². The molecule has 3 rings (SSSR count). The van der Waals surface area contributed by atoms with E-state index in [0.717, 1.165) is 30.8 Å². The molecule has 0 spiro atoms. The molecule has 1 aliphatic heterocycles. The van der Waals surface area contributed by atoms with Gasteiger partial charge in [-0.05, 0) is 23.3 Å². The van der Waals surface area contributed by atoms with Crippen LogP contribution in [0.15, 0.2) is 54.6 Å². The van der Waals surface area contributed by atoms with Gasteiger partial charge in [0, 0.05) is 39.1 Å². The van der Waals surface area contributed by atoms with Crippen LogP contribution in [-0.4, -0.2) is 61.0 Å². The quantitative estimate of drug-likeness (QED) is 0.669. The van der Waals surface area contributed by atoms with Crippen LogP contribution < -0.4 is 5.32 Å². The van der Waals surface area contributed by atoms with Crippen LogP contribution >= 0.6 is 0 Å². The van der Waals surface area contributed by atoms with Crippen molar-refractivity contribution in [3.05, 3.63) is 71.5 Å². The summed E-state index contributed by atoms with van der Waals surface area (Å²) in [6.45, 7) is 6.34. The zero-order valence-corrected chi connectivity index (χ0v) is 17.9. The highest BCUT2D eigenvalue weighted by Gasteiger charge is 2.30. The largest absolute Gasteiger partial charge is 0.379 e. The van der Waals surface area contributed by atoms with Gasteiger partial charge in [-0.1, -0.05) is 49.4 Å². The van der Waals surface area contributed by atoms with E-state index >= 15 is 0 Å². The molecular weight excluding hydrogens is 397 g/mol. The average molecular weight is 428 g/mol. The number of halogens is 1. The lowest BCUT2D eigenvalue weighted by Gasteiger charge is -2.32. The molecule has 0 radical (unpaired) electrons. The van der Waals surface area contributed by atoms with Crippen LogP contribution in [-0.2, 0) is 20.9 Å². The second kappa shape index (κ2) is 11.6. The fraction of sp³-hybridized carbons (Fsp3) is 0.417. The van der Waals surface area contributed by atoms with Crippen LogP contribution in [0.3, 0.4) is 0 Å². The fourth-order valence-electron chi connectivity index (χ4n) is 3.68. The molecule has 1 fully saturated rings. The van der Waals surface area contributed by atoms with Gasteiger partial charge < -0.3 is 15.0 Å². The highest BCUT2D eigenvalue weighted by atomic mass is 19.1. The number of hydrogen-bond donors (Lipinski definition) is 1. The molecule has 1 N–H and O–H groups in total. The first-order valence-electron chi connectivity index (χ1n) is 10.7. The molecule has 166 valence electrons. The first-order chi connectivity index (χ1) is 15.1. The van der Waals surface area contributed by atoms with Crippen LogP contribution in [0.1, 0.15) is 30.5 Å². The smallest absolute Gasteiger partial charge is 0.247 e. The molecule has 7 heteroatoms. The highest BCUT2D eigenvalue weighted by molar-refractivity contribution is 5.88. The number of carbonyl (C=O) groups excluding carboxylic acids is 2. The number of amides is 2. The molecule has 0 saturated carbocycles. The van der Waals surface area contributed by atoms with Crippen molar-refractivity contribution >= 4 is 11.8 Å². The number of nitrogens with one attached hydrogen (secondary N) is 1. The van der Waals surface area contributed by atoms with Gasteiger partial charge in [-0.2, -0.15) is 0 Å². The summed E-state index contributed by atoms with van der Waals surface area (Å²) in [6, 6.07) is 14.6. The molecule has 0 unspecified atom stereocenters. The summed E-state index contributed by atoms with van der Waals surface area (Å²) in [5, 5.41) is 3.01. The van der Waals surface area contributed by atoms with Gasteiger partial charge in [0.15, 0.2) is 0 Å². The topological polar surface area (TPSA) is 61.9 Å². The molecule has 1 atom stereocenters. The molecular formula is C24H30FN3O3.